The lowest BCUT2D eigenvalue weighted by atomic mass is 9.97. The average molecular weight is 258 g/mol. The molecule has 1 aliphatic rings. The largest absolute Gasteiger partial charge is 0.277 e. The molecule has 1 aliphatic heterocycles. The molecular weight excluding hydrogens is 248 g/mol. The molecule has 1 unspecified atom stereocenters. The minimum absolute atomic E-state index is 0.0767. The smallest absolute Gasteiger partial charge is 0.258 e. The summed E-state index contributed by atoms with van der Waals surface area (Å²) in [5, 5.41) is 16.1. The zero-order valence-electron chi connectivity index (χ0n) is 10.1. The van der Waals surface area contributed by atoms with Gasteiger partial charge in [-0.25, -0.2) is 4.99 Å². The van der Waals surface area contributed by atoms with Gasteiger partial charge in [0.05, 0.1) is 16.0 Å². The van der Waals surface area contributed by atoms with Crippen LogP contribution in [0, 0.1) is 10.1 Å². The molecule has 2 aromatic carbocycles. The molecule has 0 saturated heterocycles. The summed E-state index contributed by atoms with van der Waals surface area (Å²) in [5.74, 6) is 0. The van der Waals surface area contributed by atoms with Crippen LogP contribution in [0.1, 0.15) is 18.6 Å². The molecule has 0 fully saturated rings. The quantitative estimate of drug-likeness (QED) is 0.471. The van der Waals surface area contributed by atoms with E-state index in [1.165, 1.54) is 6.07 Å². The van der Waals surface area contributed by atoms with Crippen LogP contribution in [0.2, 0.25) is 0 Å². The van der Waals surface area contributed by atoms with Gasteiger partial charge in [0.2, 0.25) is 0 Å². The van der Waals surface area contributed by atoms with Gasteiger partial charge >= 0.3 is 0 Å². The summed E-state index contributed by atoms with van der Waals surface area (Å²) in [5.41, 5.74) is 1.56. The lowest BCUT2D eigenvalue weighted by Crippen LogP contribution is -2.07. The number of nitrogens with zero attached hydrogens (tertiary/aromatic N) is 2. The van der Waals surface area contributed by atoms with Crippen LogP contribution in [-0.2, 0) is 9.88 Å². The molecule has 1 heterocycles. The predicted octanol–water partition coefficient (Wildman–Crippen LogP) is 3.13. The van der Waals surface area contributed by atoms with Crippen molar-refractivity contribution in [1.82, 2.24) is 0 Å². The van der Waals surface area contributed by atoms with Gasteiger partial charge in [-0.2, -0.15) is 0 Å². The second-order valence-electron chi connectivity index (χ2n) is 4.26. The van der Waals surface area contributed by atoms with E-state index in [9.17, 15) is 10.1 Å². The minimum Gasteiger partial charge on any atom is -0.258 e. The van der Waals surface area contributed by atoms with Crippen molar-refractivity contribution >= 4 is 22.2 Å². The highest BCUT2D eigenvalue weighted by Gasteiger charge is 2.27. The second kappa shape index (κ2) is 4.33. The maximum Gasteiger partial charge on any atom is 0.277 e. The molecule has 0 aliphatic carbocycles. The number of benzene rings is 2. The standard InChI is InChI=1S/C13H10N2O4/c1-8-13(18-19-14-8)11-6-7-12(15(16)17)10-5-3-2-4-9(10)11/h2-7,13H,1H3. The topological polar surface area (TPSA) is 74.0 Å². The van der Waals surface area contributed by atoms with Crippen molar-refractivity contribution in [2.45, 2.75) is 13.0 Å². The van der Waals surface area contributed by atoms with Gasteiger partial charge in [0.1, 0.15) is 0 Å². The summed E-state index contributed by atoms with van der Waals surface area (Å²) in [6.45, 7) is 1.79. The average Bonchev–Trinajstić information content (AvgIpc) is 2.83. The Morgan fingerprint density at radius 1 is 1.21 bits per heavy atom. The monoisotopic (exact) mass is 258 g/mol. The van der Waals surface area contributed by atoms with Crippen molar-refractivity contribution in [2.24, 2.45) is 5.16 Å². The number of hydrogen-bond acceptors (Lipinski definition) is 5. The fraction of sp³-hybridized carbons (Fsp3) is 0.154. The van der Waals surface area contributed by atoms with E-state index in [-0.39, 0.29) is 10.6 Å². The Labute approximate surface area is 108 Å². The van der Waals surface area contributed by atoms with Gasteiger partial charge < -0.3 is 0 Å². The van der Waals surface area contributed by atoms with E-state index in [0.29, 0.717) is 11.1 Å². The van der Waals surface area contributed by atoms with E-state index in [0.717, 1.165) is 10.9 Å². The normalized spacial score (nSPS) is 18.2. The Morgan fingerprint density at radius 3 is 2.58 bits per heavy atom. The zero-order chi connectivity index (χ0) is 13.4. The maximum absolute atomic E-state index is 11.0. The molecule has 6 heteroatoms. The van der Waals surface area contributed by atoms with Crippen LogP contribution in [0.5, 0.6) is 0 Å². The summed E-state index contributed by atoms with van der Waals surface area (Å²) in [6, 6.07) is 10.3. The van der Waals surface area contributed by atoms with Crippen LogP contribution in [0.25, 0.3) is 10.8 Å². The first kappa shape index (κ1) is 11.6. The molecule has 0 aromatic heterocycles. The van der Waals surface area contributed by atoms with Crippen LogP contribution in [0.3, 0.4) is 0 Å². The van der Waals surface area contributed by atoms with E-state index >= 15 is 0 Å². The number of fused-ring (bicyclic) bond motifs is 1. The SMILES string of the molecule is CC1=NOOC1c1ccc([N+](=O)[O-])c2ccccc12. The minimum atomic E-state index is -0.425. The highest BCUT2D eigenvalue weighted by atomic mass is 17.3. The Morgan fingerprint density at radius 2 is 1.95 bits per heavy atom. The molecule has 6 nitrogen and oxygen atoms in total. The van der Waals surface area contributed by atoms with Gasteiger partial charge in [0.25, 0.3) is 5.69 Å². The number of rotatable bonds is 2. The van der Waals surface area contributed by atoms with Gasteiger partial charge in [-0.05, 0) is 30.0 Å². The molecule has 0 saturated carbocycles. The van der Waals surface area contributed by atoms with Crippen molar-refractivity contribution in [3.63, 3.8) is 0 Å². The third kappa shape index (κ3) is 1.82. The molecule has 0 spiro atoms. The van der Waals surface area contributed by atoms with E-state index in [1.807, 2.05) is 12.1 Å². The van der Waals surface area contributed by atoms with Crippen LogP contribution in [0.15, 0.2) is 41.6 Å². The third-order valence-electron chi connectivity index (χ3n) is 3.11. The summed E-state index contributed by atoms with van der Waals surface area (Å²) in [4.78, 5) is 20.3. The molecule has 19 heavy (non-hydrogen) atoms. The van der Waals surface area contributed by atoms with Gasteiger partial charge in [-0.3, -0.25) is 10.1 Å². The van der Waals surface area contributed by atoms with E-state index < -0.39 is 6.10 Å². The molecular formula is C13H10N2O4. The van der Waals surface area contributed by atoms with Gasteiger partial charge in [-0.1, -0.05) is 23.4 Å². The van der Waals surface area contributed by atoms with Crippen LogP contribution in [0.4, 0.5) is 5.69 Å². The fourth-order valence-corrected chi connectivity index (χ4v) is 2.21. The number of non-ortho nitro benzene ring substituents is 1. The van der Waals surface area contributed by atoms with Crippen molar-refractivity contribution < 1.29 is 14.8 Å². The number of nitro groups is 1. The van der Waals surface area contributed by atoms with Gasteiger partial charge in [-0.15, -0.1) is 4.89 Å². The molecule has 2 aromatic rings. The summed E-state index contributed by atoms with van der Waals surface area (Å²) in [7, 11) is 0. The van der Waals surface area contributed by atoms with Crippen LogP contribution >= 0.6 is 0 Å². The molecule has 0 amide bonds. The lowest BCUT2D eigenvalue weighted by Gasteiger charge is -2.11. The number of hydrogen-bond donors (Lipinski definition) is 0. The molecule has 0 bridgehead atoms. The summed E-state index contributed by atoms with van der Waals surface area (Å²) in [6.07, 6.45) is -0.425. The van der Waals surface area contributed by atoms with E-state index in [4.69, 9.17) is 4.89 Å². The second-order valence-corrected chi connectivity index (χ2v) is 4.26. The Balaban J connectivity index is 2.25. The summed E-state index contributed by atoms with van der Waals surface area (Å²) >= 11 is 0. The first-order valence-corrected chi connectivity index (χ1v) is 5.71. The highest BCUT2D eigenvalue weighted by Crippen LogP contribution is 2.34. The predicted molar refractivity (Wildman–Crippen MR) is 68.6 cm³/mol. The zero-order valence-corrected chi connectivity index (χ0v) is 10.1. The molecule has 0 radical (unpaired) electrons. The van der Waals surface area contributed by atoms with Gasteiger partial charge in [0.15, 0.2) is 6.10 Å². The van der Waals surface area contributed by atoms with Crippen molar-refractivity contribution in [3.8, 4) is 0 Å². The number of nitro benzene ring substituents is 1. The molecule has 1 atom stereocenters. The van der Waals surface area contributed by atoms with E-state index in [1.54, 1.807) is 25.1 Å². The first-order valence-electron chi connectivity index (χ1n) is 5.71. The first-order chi connectivity index (χ1) is 9.18. The van der Waals surface area contributed by atoms with Crippen molar-refractivity contribution in [3.05, 3.63) is 52.1 Å². The Kier molecular flexibility index (Phi) is 2.64. The molecule has 96 valence electrons. The van der Waals surface area contributed by atoms with Gasteiger partial charge in [0, 0.05) is 6.07 Å². The van der Waals surface area contributed by atoms with Crippen molar-refractivity contribution in [1.29, 1.82) is 0 Å². The molecule has 3 rings (SSSR count). The van der Waals surface area contributed by atoms with Crippen LogP contribution < -0.4 is 0 Å². The fourth-order valence-electron chi connectivity index (χ4n) is 2.21. The third-order valence-corrected chi connectivity index (χ3v) is 3.11. The van der Waals surface area contributed by atoms with Crippen molar-refractivity contribution in [2.75, 3.05) is 0 Å². The summed E-state index contributed by atoms with van der Waals surface area (Å²) < 4.78 is 0. The molecule has 0 N–H and O–H groups in total. The Bertz CT molecular complexity index is 696. The van der Waals surface area contributed by atoms with Crippen LogP contribution in [-0.4, -0.2) is 10.6 Å². The Hall–Kier alpha value is -2.47. The number of oxime groups is 1. The highest BCUT2D eigenvalue weighted by molar-refractivity contribution is 5.98. The van der Waals surface area contributed by atoms with E-state index in [2.05, 4.69) is 10.1 Å². The maximum atomic E-state index is 11.0. The lowest BCUT2D eigenvalue weighted by molar-refractivity contribution is -0.383.